The lowest BCUT2D eigenvalue weighted by atomic mass is 10.1. The van der Waals surface area contributed by atoms with Crippen molar-refractivity contribution in [2.75, 3.05) is 5.32 Å². The Kier molecular flexibility index (Phi) is 4.80. The zero-order valence-electron chi connectivity index (χ0n) is 13.8. The molecule has 3 aromatic rings. The van der Waals surface area contributed by atoms with Gasteiger partial charge in [0.15, 0.2) is 5.65 Å². The first-order chi connectivity index (χ1) is 11.6. The number of aryl methyl sites for hydroxylation is 1. The Morgan fingerprint density at radius 2 is 2.12 bits per heavy atom. The van der Waals surface area contributed by atoms with E-state index in [2.05, 4.69) is 25.3 Å². The van der Waals surface area contributed by atoms with Gasteiger partial charge in [-0.05, 0) is 37.5 Å². The summed E-state index contributed by atoms with van der Waals surface area (Å²) in [6.07, 6.45) is 3.75. The van der Waals surface area contributed by atoms with Crippen LogP contribution in [-0.2, 0) is 4.79 Å². The molecule has 0 aliphatic carbocycles. The van der Waals surface area contributed by atoms with Gasteiger partial charge in [-0.1, -0.05) is 30.8 Å². The molecule has 0 saturated carbocycles. The highest BCUT2D eigenvalue weighted by molar-refractivity contribution is 8.00. The number of nitrogens with zero attached hydrogens (tertiary/aromatic N) is 3. The van der Waals surface area contributed by atoms with Crippen LogP contribution in [0.2, 0.25) is 0 Å². The summed E-state index contributed by atoms with van der Waals surface area (Å²) in [5.41, 5.74) is 4.47. The van der Waals surface area contributed by atoms with E-state index in [-0.39, 0.29) is 11.2 Å². The zero-order valence-corrected chi connectivity index (χ0v) is 14.6. The third-order valence-corrected chi connectivity index (χ3v) is 5.33. The minimum Gasteiger partial charge on any atom is -0.341 e. The molecule has 2 N–H and O–H groups in total. The van der Waals surface area contributed by atoms with E-state index in [9.17, 15) is 4.79 Å². The Labute approximate surface area is 144 Å². The summed E-state index contributed by atoms with van der Waals surface area (Å²) in [6.45, 7) is 6.04. The minimum absolute atomic E-state index is 0.0255. The van der Waals surface area contributed by atoms with Crippen molar-refractivity contribution in [2.24, 2.45) is 0 Å². The molecule has 24 heavy (non-hydrogen) atoms. The number of carbonyl (C=O) groups is 1. The summed E-state index contributed by atoms with van der Waals surface area (Å²) in [5, 5.41) is 3.53. The number of amides is 1. The topological polar surface area (TPSA) is 83.6 Å². The number of H-pyrrole nitrogens is 1. The monoisotopic (exact) mass is 341 g/mol. The second-order valence-corrected chi connectivity index (χ2v) is 6.72. The van der Waals surface area contributed by atoms with Crippen LogP contribution in [0.15, 0.2) is 35.9 Å². The van der Waals surface area contributed by atoms with Crippen molar-refractivity contribution in [3.63, 3.8) is 0 Å². The average molecular weight is 341 g/mol. The molecule has 0 radical (unpaired) electrons. The number of anilines is 1. The van der Waals surface area contributed by atoms with Gasteiger partial charge in [0.25, 0.3) is 0 Å². The molecule has 0 bridgehead atoms. The number of carbonyl (C=O) groups excluding carboxylic acids is 1. The molecule has 0 fully saturated rings. The average Bonchev–Trinajstić information content (AvgIpc) is 3.06. The van der Waals surface area contributed by atoms with E-state index >= 15 is 0 Å². The number of imidazole rings is 1. The molecule has 124 valence electrons. The van der Waals surface area contributed by atoms with Crippen LogP contribution >= 0.6 is 11.8 Å². The van der Waals surface area contributed by atoms with Crippen molar-refractivity contribution in [1.29, 1.82) is 0 Å². The quantitative estimate of drug-likeness (QED) is 0.548. The fourth-order valence-electron chi connectivity index (χ4n) is 2.39. The van der Waals surface area contributed by atoms with Gasteiger partial charge in [-0.25, -0.2) is 15.0 Å². The fourth-order valence-corrected chi connectivity index (χ4v) is 3.37. The Hall–Kier alpha value is -2.41. The van der Waals surface area contributed by atoms with E-state index in [4.69, 9.17) is 0 Å². The van der Waals surface area contributed by atoms with Gasteiger partial charge in [-0.2, -0.15) is 0 Å². The van der Waals surface area contributed by atoms with Crippen LogP contribution < -0.4 is 5.32 Å². The lowest BCUT2D eigenvalue weighted by Gasteiger charge is -2.16. The Morgan fingerprint density at radius 3 is 2.92 bits per heavy atom. The molecule has 0 aliphatic heterocycles. The molecule has 1 atom stereocenters. The molecule has 2 heterocycles. The van der Waals surface area contributed by atoms with Crippen molar-refractivity contribution in [3.8, 4) is 0 Å². The number of thioether (sulfide) groups is 1. The SMILES string of the molecule is CCC(Sc1ncnc2nc[nH]c12)C(=O)Nc1cccc(C)c1C. The molecular formula is C17H19N5OS. The third-order valence-electron chi connectivity index (χ3n) is 3.97. The Morgan fingerprint density at radius 1 is 1.29 bits per heavy atom. The molecule has 7 heteroatoms. The van der Waals surface area contributed by atoms with Crippen LogP contribution in [0.4, 0.5) is 5.69 Å². The number of aromatic amines is 1. The predicted octanol–water partition coefficient (Wildman–Crippen LogP) is 3.48. The molecule has 0 saturated heterocycles. The van der Waals surface area contributed by atoms with E-state index in [1.54, 1.807) is 6.33 Å². The lowest BCUT2D eigenvalue weighted by molar-refractivity contribution is -0.115. The lowest BCUT2D eigenvalue weighted by Crippen LogP contribution is -2.25. The van der Waals surface area contributed by atoms with Crippen molar-refractivity contribution >= 4 is 34.5 Å². The number of benzene rings is 1. The van der Waals surface area contributed by atoms with Crippen molar-refractivity contribution in [2.45, 2.75) is 37.5 Å². The van der Waals surface area contributed by atoms with Crippen molar-refractivity contribution in [1.82, 2.24) is 19.9 Å². The van der Waals surface area contributed by atoms with E-state index in [0.29, 0.717) is 12.1 Å². The van der Waals surface area contributed by atoms with Crippen molar-refractivity contribution < 1.29 is 4.79 Å². The normalized spacial score (nSPS) is 12.3. The molecular weight excluding hydrogens is 322 g/mol. The standard InChI is InChI=1S/C17H19N5OS/c1-4-13(16(23)22-12-7-5-6-10(2)11(12)3)24-17-14-15(19-8-18-14)20-9-21-17/h5-9,13H,4H2,1-3H3,(H,22,23)(H,18,19,20,21). The summed E-state index contributed by atoms with van der Waals surface area (Å²) >= 11 is 1.43. The summed E-state index contributed by atoms with van der Waals surface area (Å²) in [6, 6.07) is 5.91. The summed E-state index contributed by atoms with van der Waals surface area (Å²) < 4.78 is 0. The van der Waals surface area contributed by atoms with Crippen LogP contribution in [0.3, 0.4) is 0 Å². The summed E-state index contributed by atoms with van der Waals surface area (Å²) in [5.74, 6) is -0.0255. The highest BCUT2D eigenvalue weighted by Gasteiger charge is 2.21. The van der Waals surface area contributed by atoms with Gasteiger partial charge < -0.3 is 10.3 Å². The van der Waals surface area contributed by atoms with Crippen LogP contribution in [-0.4, -0.2) is 31.1 Å². The summed E-state index contributed by atoms with van der Waals surface area (Å²) in [7, 11) is 0. The number of fused-ring (bicyclic) bond motifs is 1. The highest BCUT2D eigenvalue weighted by Crippen LogP contribution is 2.29. The third kappa shape index (κ3) is 3.26. The van der Waals surface area contributed by atoms with Gasteiger partial charge in [0.05, 0.1) is 11.6 Å². The number of rotatable bonds is 5. The van der Waals surface area contributed by atoms with Crippen molar-refractivity contribution in [3.05, 3.63) is 42.0 Å². The predicted molar refractivity (Wildman–Crippen MR) is 96.2 cm³/mol. The maximum absolute atomic E-state index is 12.7. The largest absolute Gasteiger partial charge is 0.341 e. The van der Waals surface area contributed by atoms with E-state index in [1.807, 2.05) is 39.0 Å². The molecule has 0 spiro atoms. The fraction of sp³-hybridized carbons (Fsp3) is 0.294. The number of aromatic nitrogens is 4. The van der Waals surface area contributed by atoms with Crippen LogP contribution in [0, 0.1) is 13.8 Å². The number of nitrogens with one attached hydrogen (secondary N) is 2. The summed E-state index contributed by atoms with van der Waals surface area (Å²) in [4.78, 5) is 28.2. The highest BCUT2D eigenvalue weighted by atomic mass is 32.2. The zero-order chi connectivity index (χ0) is 17.1. The Balaban J connectivity index is 1.80. The molecule has 2 aromatic heterocycles. The van der Waals surface area contributed by atoms with Crippen LogP contribution in [0.25, 0.3) is 11.2 Å². The van der Waals surface area contributed by atoms with Gasteiger partial charge in [-0.3, -0.25) is 4.79 Å². The first-order valence-electron chi connectivity index (χ1n) is 7.78. The molecule has 3 rings (SSSR count). The van der Waals surface area contributed by atoms with Gasteiger partial charge in [0, 0.05) is 5.69 Å². The van der Waals surface area contributed by atoms with Crippen LogP contribution in [0.1, 0.15) is 24.5 Å². The van der Waals surface area contributed by atoms with Gasteiger partial charge in [0.1, 0.15) is 16.9 Å². The van der Waals surface area contributed by atoms with E-state index < -0.39 is 0 Å². The number of hydrogen-bond donors (Lipinski definition) is 2. The Bertz CT molecular complexity index is 876. The molecule has 6 nitrogen and oxygen atoms in total. The smallest absolute Gasteiger partial charge is 0.237 e. The van der Waals surface area contributed by atoms with Gasteiger partial charge >= 0.3 is 0 Å². The van der Waals surface area contributed by atoms with E-state index in [1.165, 1.54) is 18.1 Å². The van der Waals surface area contributed by atoms with Gasteiger partial charge in [0.2, 0.25) is 5.91 Å². The first-order valence-corrected chi connectivity index (χ1v) is 8.66. The maximum Gasteiger partial charge on any atom is 0.237 e. The molecule has 0 aliphatic rings. The first kappa shape index (κ1) is 16.4. The van der Waals surface area contributed by atoms with E-state index in [0.717, 1.165) is 27.4 Å². The second-order valence-electron chi connectivity index (χ2n) is 5.53. The second kappa shape index (κ2) is 7.00. The minimum atomic E-state index is -0.244. The van der Waals surface area contributed by atoms with Gasteiger partial charge in [-0.15, -0.1) is 0 Å². The molecule has 1 amide bonds. The molecule has 1 unspecified atom stereocenters. The number of hydrogen-bond acceptors (Lipinski definition) is 5. The molecule has 1 aromatic carbocycles. The van der Waals surface area contributed by atoms with Crippen LogP contribution in [0.5, 0.6) is 0 Å². The maximum atomic E-state index is 12.7.